The Bertz CT molecular complexity index is 726. The van der Waals surface area contributed by atoms with E-state index in [1.165, 1.54) is 236 Å². The predicted molar refractivity (Wildman–Crippen MR) is 630 cm³/mol. The van der Waals surface area contributed by atoms with E-state index in [1.54, 1.807) is 0 Å². The van der Waals surface area contributed by atoms with Crippen molar-refractivity contribution in [3.63, 3.8) is 0 Å². The van der Waals surface area contributed by atoms with Gasteiger partial charge in [-0.25, -0.2) is 0 Å². The topological polar surface area (TPSA) is 0 Å². The van der Waals surface area contributed by atoms with Gasteiger partial charge in [-0.3, -0.25) is 0 Å². The predicted octanol–water partition coefficient (Wildman–Crippen LogP) is 35.3. The third-order valence-electron chi connectivity index (χ3n) is 9.90. The number of allylic oxidation sites excluding steroid dienone is 3. The number of unbranched alkanes of at least 4 members (excludes halogenated alkanes) is 8. The molecule has 108 heavy (non-hydrogen) atoms. The lowest BCUT2D eigenvalue weighted by Gasteiger charge is -1.87. The Labute approximate surface area is 817 Å². The van der Waals surface area contributed by atoms with E-state index in [1.807, 2.05) is 220 Å². The van der Waals surface area contributed by atoms with Crippen LogP contribution >= 0.6 is 326 Å². The van der Waals surface area contributed by atoms with E-state index in [0.29, 0.717) is 0 Å². The first-order chi connectivity index (χ1) is 52.5. The summed E-state index contributed by atoms with van der Waals surface area (Å²) in [5.74, 6) is 32.1. The molecule has 0 aromatic carbocycles. The third kappa shape index (κ3) is 377. The summed E-state index contributed by atoms with van der Waals surface area (Å²) in [5, 5.41) is 4.43. The van der Waals surface area contributed by atoms with Crippen LogP contribution in [0.1, 0.15) is 246 Å². The molecule has 0 atom stereocenters. The zero-order valence-corrected chi connectivity index (χ0v) is 98.6. The molecule has 0 heterocycles. The second kappa shape index (κ2) is 234. The molecule has 0 saturated heterocycles. The van der Waals surface area contributed by atoms with E-state index in [2.05, 4.69) is 305 Å². The largest absolute Gasteiger partial charge is 0.179 e. The van der Waals surface area contributed by atoms with Gasteiger partial charge < -0.3 is 0 Å². The summed E-state index contributed by atoms with van der Waals surface area (Å²) in [6.45, 7) is 37.0. The molecule has 0 fully saturated rings. The van der Waals surface area contributed by atoms with Crippen molar-refractivity contribution in [3.8, 4) is 0 Å². The van der Waals surface area contributed by atoms with E-state index in [4.69, 9.17) is 0 Å². The number of thioether (sulfide) groups is 17. The van der Waals surface area contributed by atoms with Crippen LogP contribution in [-0.2, 0) is 0 Å². The highest BCUT2D eigenvalue weighted by Crippen LogP contribution is 2.08. The smallest absolute Gasteiger partial charge is 0.0389 e. The Morgan fingerprint density at radius 3 is 0.556 bits per heavy atom. The molecule has 0 bridgehead atoms. The van der Waals surface area contributed by atoms with E-state index >= 15 is 0 Å². The Morgan fingerprint density at radius 1 is 0.204 bits per heavy atom. The van der Waals surface area contributed by atoms with Crippen LogP contribution < -0.4 is 0 Å². The molecule has 0 aromatic rings. The molecular weight excluding hydrogens is 1840 g/mol. The van der Waals surface area contributed by atoms with Crippen LogP contribution in [0.25, 0.3) is 0 Å². The minimum absolute atomic E-state index is 0.963. The fourth-order valence-corrected chi connectivity index (χ4v) is 16.7. The van der Waals surface area contributed by atoms with Crippen molar-refractivity contribution in [3.05, 3.63) is 24.3 Å². The Balaban J connectivity index is -0.0000000496. The third-order valence-corrected chi connectivity index (χ3v) is 28.5. The first-order valence-corrected chi connectivity index (χ1v) is 67.9. The molecule has 0 aromatic heterocycles. The minimum Gasteiger partial charge on any atom is -0.179 e. The summed E-state index contributed by atoms with van der Waals surface area (Å²) in [5.41, 5.74) is 0. The lowest BCUT2D eigenvalue weighted by molar-refractivity contribution is 0.780. The van der Waals surface area contributed by atoms with Crippen molar-refractivity contribution in [2.45, 2.75) is 246 Å². The van der Waals surface area contributed by atoms with Crippen molar-refractivity contribution in [2.24, 2.45) is 0 Å². The molecule has 27 heteroatoms. The summed E-state index contributed by atoms with van der Waals surface area (Å²) >= 11 is 72.9. The molecule has 0 aliphatic heterocycles. The number of rotatable bonds is 52. The summed E-state index contributed by atoms with van der Waals surface area (Å²) in [7, 11) is 0. The highest BCUT2D eigenvalue weighted by molar-refractivity contribution is 8.16. The van der Waals surface area contributed by atoms with Crippen LogP contribution in [0.2, 0.25) is 0 Å². The first-order valence-electron chi connectivity index (χ1n) is 39.8. The van der Waals surface area contributed by atoms with E-state index < -0.39 is 0 Å². The van der Waals surface area contributed by atoms with Gasteiger partial charge in [0.2, 0.25) is 0 Å². The molecule has 0 spiro atoms. The standard InChI is InChI=1S/3C5H12S.C5H10S.4C5H12S.C5H10S.9C4H10S2/c4*1-3-4-5-6-2;2*1-3-5-6-4-2;3*1-2-3-4-5-6;1-5-3-4-6-2;1-6-4-2-3-5;2*1-3-6-4-5-2;2*1-2-6-4-3-5;2*1-2-3-6-4-5;5-3-1-2-4-6/h3*3-5H2,1-2H3;3-4H,5H2,1-2H3;2*3-5H2,1-2H3;2*6H,2-5H2,1H3;2-3,6H,4-5H2,1H3;3-4H2,1-2H3;5H,2-4H2,1H3;2*3-4H2,1-2H3;4*5H,2-4H2,1H3;5-6H,1-4H2/b;;;4-3-;;;;;3-2-;;;;;;;;;. The SMILES string of the molecule is C/C=C\CCS.C/C=C\CSC.CCCCCS.CCCCCS.CCCCSC.CCCCSC.CCCCSC.CCCSCC.CCCSCC.CCCSCS.CCCSCS.CCSCCS.CCSCCS.CCSCSC.CCSCSC.CSCCCS.CSCCSC.SCCCCS. The second-order valence-electron chi connectivity index (χ2n) is 20.3. The highest BCUT2D eigenvalue weighted by Gasteiger charge is 1.84. The summed E-state index contributed by atoms with van der Waals surface area (Å²) in [4.78, 5) is 0. The van der Waals surface area contributed by atoms with Crippen molar-refractivity contribution >= 4 is 326 Å². The minimum atomic E-state index is 0.963. The van der Waals surface area contributed by atoms with Gasteiger partial charge in [0.15, 0.2) is 0 Å². The van der Waals surface area contributed by atoms with E-state index in [0.717, 1.165) is 68.4 Å². The highest BCUT2D eigenvalue weighted by atomic mass is 32.2. The van der Waals surface area contributed by atoms with Gasteiger partial charge in [0.25, 0.3) is 0 Å². The summed E-state index contributed by atoms with van der Waals surface area (Å²) in [6, 6.07) is 0. The zero-order valence-electron chi connectivity index (χ0n) is 75.8. The summed E-state index contributed by atoms with van der Waals surface area (Å²) < 4.78 is 0. The van der Waals surface area contributed by atoms with Crippen LogP contribution in [-0.4, -0.2) is 232 Å². The molecular formula is C81H194S27. The molecule has 0 aliphatic carbocycles. The normalized spacial score (nSPS) is 9.15. The average molecular weight is 2030 g/mol. The average Bonchev–Trinajstić information content (AvgIpc) is 3.71. The molecule has 0 saturated carbocycles. The van der Waals surface area contributed by atoms with E-state index in [-0.39, 0.29) is 0 Å². The maximum atomic E-state index is 4.05. The van der Waals surface area contributed by atoms with Gasteiger partial charge in [-0.1, -0.05) is 173 Å². The monoisotopic (exact) mass is 2030 g/mol. The lowest BCUT2D eigenvalue weighted by Crippen LogP contribution is -1.77. The molecule has 680 valence electrons. The van der Waals surface area contributed by atoms with Gasteiger partial charge in [0.05, 0.1) is 0 Å². The van der Waals surface area contributed by atoms with Crippen LogP contribution in [0.4, 0.5) is 0 Å². The maximum Gasteiger partial charge on any atom is 0.0389 e. The quantitative estimate of drug-likeness (QED) is 0.0122. The fourth-order valence-electron chi connectivity index (χ4n) is 4.37. The van der Waals surface area contributed by atoms with Crippen LogP contribution in [0.5, 0.6) is 0 Å². The fraction of sp³-hybridized carbons (Fsp3) is 0.951. The van der Waals surface area contributed by atoms with Crippen LogP contribution in [0.3, 0.4) is 0 Å². The molecule has 0 aliphatic rings. The molecule has 0 unspecified atom stereocenters. The second-order valence-corrected chi connectivity index (χ2v) is 45.0. The van der Waals surface area contributed by atoms with Crippen LogP contribution in [0.15, 0.2) is 24.3 Å². The first kappa shape index (κ1) is 161. The van der Waals surface area contributed by atoms with E-state index in [9.17, 15) is 0 Å². The van der Waals surface area contributed by atoms with Gasteiger partial charge in [0, 0.05) is 49.1 Å². The molecule has 0 amide bonds. The Morgan fingerprint density at radius 2 is 0.454 bits per heavy atom. The van der Waals surface area contributed by atoms with Crippen molar-refractivity contribution in [1.29, 1.82) is 0 Å². The van der Waals surface area contributed by atoms with Crippen LogP contribution in [0, 0.1) is 0 Å². The zero-order chi connectivity index (χ0) is 86.9. The van der Waals surface area contributed by atoms with Gasteiger partial charge in [-0.2, -0.15) is 326 Å². The lowest BCUT2D eigenvalue weighted by atomic mass is 10.3. The molecule has 0 nitrogen and oxygen atoms in total. The number of hydrogen-bond donors (Lipinski definition) is 10. The van der Waals surface area contributed by atoms with Crippen molar-refractivity contribution < 1.29 is 0 Å². The maximum absolute atomic E-state index is 4.05. The number of thiol groups is 10. The molecule has 0 rings (SSSR count). The van der Waals surface area contributed by atoms with Crippen molar-refractivity contribution in [2.75, 3.05) is 232 Å². The van der Waals surface area contributed by atoms with Crippen molar-refractivity contribution in [1.82, 2.24) is 0 Å². The van der Waals surface area contributed by atoms with Gasteiger partial charge in [0.1, 0.15) is 0 Å². The molecule has 0 radical (unpaired) electrons. The Kier molecular flexibility index (Phi) is 348. The number of hydrogen-bond acceptors (Lipinski definition) is 27. The molecule has 0 N–H and O–H groups in total. The van der Waals surface area contributed by atoms with Gasteiger partial charge in [-0.05, 0) is 280 Å². The summed E-state index contributed by atoms with van der Waals surface area (Å²) in [6.07, 6.45) is 53.4. The van der Waals surface area contributed by atoms with Gasteiger partial charge >= 0.3 is 0 Å². The van der Waals surface area contributed by atoms with Gasteiger partial charge in [-0.15, -0.1) is 0 Å². The Hall–Kier alpha value is 8.93.